The van der Waals surface area contributed by atoms with Crippen LogP contribution in [0.15, 0.2) is 0 Å². The van der Waals surface area contributed by atoms with Gasteiger partial charge in [-0.05, 0) is 37.5 Å². The van der Waals surface area contributed by atoms with Gasteiger partial charge in [0.1, 0.15) is 0 Å². The molecule has 0 radical (unpaired) electrons. The molecule has 0 aromatic rings. The highest BCUT2D eigenvalue weighted by Gasteiger charge is 2.45. The molecular formula is C17H32O2. The molecule has 2 aliphatic rings. The van der Waals surface area contributed by atoms with Gasteiger partial charge in [-0.2, -0.15) is 0 Å². The lowest BCUT2D eigenvalue weighted by atomic mass is 9.59. The second-order valence-electron chi connectivity index (χ2n) is 6.77. The third kappa shape index (κ3) is 3.52. The van der Waals surface area contributed by atoms with Crippen LogP contribution in [0.25, 0.3) is 0 Å². The molecule has 0 aliphatic heterocycles. The Labute approximate surface area is 119 Å². The van der Waals surface area contributed by atoms with Gasteiger partial charge in [-0.25, -0.2) is 0 Å². The molecule has 0 aromatic heterocycles. The SMILES string of the molecule is COCC(COC)(C1CCCCC1)C1CCCCC1. The lowest BCUT2D eigenvalue weighted by Crippen LogP contribution is -2.47. The van der Waals surface area contributed by atoms with Crippen molar-refractivity contribution >= 4 is 0 Å². The van der Waals surface area contributed by atoms with Crippen LogP contribution in [0.4, 0.5) is 0 Å². The maximum atomic E-state index is 5.69. The molecule has 2 nitrogen and oxygen atoms in total. The van der Waals surface area contributed by atoms with E-state index in [1.165, 1.54) is 64.2 Å². The van der Waals surface area contributed by atoms with E-state index in [0.717, 1.165) is 25.0 Å². The highest BCUT2D eigenvalue weighted by atomic mass is 16.5. The molecule has 2 rings (SSSR count). The predicted octanol–water partition coefficient (Wildman–Crippen LogP) is 4.43. The summed E-state index contributed by atoms with van der Waals surface area (Å²) in [4.78, 5) is 0. The number of hydrogen-bond acceptors (Lipinski definition) is 2. The average Bonchev–Trinajstić information content (AvgIpc) is 2.49. The fraction of sp³-hybridized carbons (Fsp3) is 1.00. The van der Waals surface area contributed by atoms with Gasteiger partial charge in [-0.1, -0.05) is 38.5 Å². The molecule has 2 heteroatoms. The number of methoxy groups -OCH3 is 2. The molecule has 0 spiro atoms. The third-order valence-electron chi connectivity index (χ3n) is 5.66. The molecule has 19 heavy (non-hydrogen) atoms. The van der Waals surface area contributed by atoms with Crippen LogP contribution in [0.5, 0.6) is 0 Å². The van der Waals surface area contributed by atoms with E-state index in [2.05, 4.69) is 0 Å². The van der Waals surface area contributed by atoms with Crippen molar-refractivity contribution in [1.82, 2.24) is 0 Å². The van der Waals surface area contributed by atoms with Gasteiger partial charge in [0.05, 0.1) is 13.2 Å². The van der Waals surface area contributed by atoms with Gasteiger partial charge in [0, 0.05) is 19.6 Å². The second-order valence-corrected chi connectivity index (χ2v) is 6.77. The van der Waals surface area contributed by atoms with Gasteiger partial charge >= 0.3 is 0 Å². The van der Waals surface area contributed by atoms with Crippen LogP contribution in [-0.2, 0) is 9.47 Å². The van der Waals surface area contributed by atoms with Crippen molar-refractivity contribution in [3.8, 4) is 0 Å². The quantitative estimate of drug-likeness (QED) is 0.709. The topological polar surface area (TPSA) is 18.5 Å². The van der Waals surface area contributed by atoms with Crippen LogP contribution in [0.3, 0.4) is 0 Å². The number of hydrogen-bond donors (Lipinski definition) is 0. The van der Waals surface area contributed by atoms with Gasteiger partial charge in [0.2, 0.25) is 0 Å². The summed E-state index contributed by atoms with van der Waals surface area (Å²) in [5.74, 6) is 1.65. The summed E-state index contributed by atoms with van der Waals surface area (Å²) >= 11 is 0. The molecule has 0 bridgehead atoms. The fourth-order valence-corrected chi connectivity index (χ4v) is 4.74. The molecule has 2 fully saturated rings. The minimum atomic E-state index is 0.296. The van der Waals surface area contributed by atoms with Crippen LogP contribution in [0, 0.1) is 17.3 Å². The first kappa shape index (κ1) is 15.3. The van der Waals surface area contributed by atoms with Crippen LogP contribution < -0.4 is 0 Å². The summed E-state index contributed by atoms with van der Waals surface area (Å²) < 4.78 is 11.4. The molecule has 0 saturated heterocycles. The molecule has 112 valence electrons. The van der Waals surface area contributed by atoms with Crippen LogP contribution in [0.2, 0.25) is 0 Å². The molecule has 0 heterocycles. The van der Waals surface area contributed by atoms with Crippen LogP contribution in [0.1, 0.15) is 64.2 Å². The summed E-state index contributed by atoms with van der Waals surface area (Å²) in [6, 6.07) is 0. The van der Waals surface area contributed by atoms with Crippen molar-refractivity contribution in [3.63, 3.8) is 0 Å². The standard InChI is InChI=1S/C17H32O2/c1-18-13-17(14-19-2,15-9-5-3-6-10-15)16-11-7-4-8-12-16/h15-16H,3-14H2,1-2H3. The molecular weight excluding hydrogens is 236 g/mol. The minimum Gasteiger partial charge on any atom is -0.384 e. The number of ether oxygens (including phenoxy) is 2. The van der Waals surface area contributed by atoms with Gasteiger partial charge in [-0.15, -0.1) is 0 Å². The molecule has 0 N–H and O–H groups in total. The maximum Gasteiger partial charge on any atom is 0.0546 e. The van der Waals surface area contributed by atoms with E-state index >= 15 is 0 Å². The summed E-state index contributed by atoms with van der Waals surface area (Å²) in [5.41, 5.74) is 0.296. The monoisotopic (exact) mass is 268 g/mol. The lowest BCUT2D eigenvalue weighted by Gasteiger charge is -2.48. The van der Waals surface area contributed by atoms with E-state index in [1.54, 1.807) is 0 Å². The molecule has 0 aromatic carbocycles. The predicted molar refractivity (Wildman–Crippen MR) is 79.3 cm³/mol. The average molecular weight is 268 g/mol. The first-order valence-electron chi connectivity index (χ1n) is 8.31. The van der Waals surface area contributed by atoms with Crippen molar-refractivity contribution in [2.24, 2.45) is 17.3 Å². The minimum absolute atomic E-state index is 0.296. The summed E-state index contributed by atoms with van der Waals surface area (Å²) in [5, 5.41) is 0. The summed E-state index contributed by atoms with van der Waals surface area (Å²) in [6.45, 7) is 1.80. The van der Waals surface area contributed by atoms with Crippen molar-refractivity contribution in [3.05, 3.63) is 0 Å². The Bertz CT molecular complexity index is 214. The Balaban J connectivity index is 2.16. The summed E-state index contributed by atoms with van der Waals surface area (Å²) in [6.07, 6.45) is 14.1. The Morgan fingerprint density at radius 1 is 0.684 bits per heavy atom. The Morgan fingerprint density at radius 2 is 1.05 bits per heavy atom. The second kappa shape index (κ2) is 7.64. The summed E-state index contributed by atoms with van der Waals surface area (Å²) in [7, 11) is 3.74. The normalized spacial score (nSPS) is 23.7. The Morgan fingerprint density at radius 3 is 1.37 bits per heavy atom. The first-order valence-corrected chi connectivity index (χ1v) is 8.31. The van der Waals surface area contributed by atoms with E-state index in [4.69, 9.17) is 9.47 Å². The fourth-order valence-electron chi connectivity index (χ4n) is 4.74. The van der Waals surface area contributed by atoms with Crippen LogP contribution in [-0.4, -0.2) is 27.4 Å². The zero-order chi connectivity index (χ0) is 13.6. The maximum absolute atomic E-state index is 5.69. The largest absolute Gasteiger partial charge is 0.384 e. The number of rotatable bonds is 6. The molecule has 0 atom stereocenters. The smallest absolute Gasteiger partial charge is 0.0546 e. The molecule has 0 unspecified atom stereocenters. The molecule has 2 saturated carbocycles. The van der Waals surface area contributed by atoms with Gasteiger partial charge in [-0.3, -0.25) is 0 Å². The van der Waals surface area contributed by atoms with Gasteiger partial charge in [0.15, 0.2) is 0 Å². The van der Waals surface area contributed by atoms with E-state index in [9.17, 15) is 0 Å². The van der Waals surface area contributed by atoms with Crippen molar-refractivity contribution in [1.29, 1.82) is 0 Å². The Hall–Kier alpha value is -0.0800. The third-order valence-corrected chi connectivity index (χ3v) is 5.66. The zero-order valence-electron chi connectivity index (χ0n) is 13.0. The molecule has 2 aliphatic carbocycles. The molecule has 0 amide bonds. The van der Waals surface area contributed by atoms with E-state index < -0.39 is 0 Å². The highest BCUT2D eigenvalue weighted by molar-refractivity contribution is 4.94. The van der Waals surface area contributed by atoms with E-state index in [0.29, 0.717) is 5.41 Å². The van der Waals surface area contributed by atoms with Gasteiger partial charge in [0.25, 0.3) is 0 Å². The lowest BCUT2D eigenvalue weighted by molar-refractivity contribution is -0.0888. The van der Waals surface area contributed by atoms with E-state index in [1.807, 2.05) is 14.2 Å². The Kier molecular flexibility index (Phi) is 6.15. The highest BCUT2D eigenvalue weighted by Crippen LogP contribution is 2.49. The van der Waals surface area contributed by atoms with Crippen molar-refractivity contribution in [2.75, 3.05) is 27.4 Å². The van der Waals surface area contributed by atoms with Crippen molar-refractivity contribution in [2.45, 2.75) is 64.2 Å². The van der Waals surface area contributed by atoms with E-state index in [-0.39, 0.29) is 0 Å². The van der Waals surface area contributed by atoms with Crippen LogP contribution >= 0.6 is 0 Å². The zero-order valence-corrected chi connectivity index (χ0v) is 13.0. The van der Waals surface area contributed by atoms with Crippen molar-refractivity contribution < 1.29 is 9.47 Å². The van der Waals surface area contributed by atoms with Gasteiger partial charge < -0.3 is 9.47 Å². The first-order chi connectivity index (χ1) is 9.33.